The molecule has 2 aromatic carbocycles. The number of hydrogen-bond donors (Lipinski definition) is 1. The van der Waals surface area contributed by atoms with Gasteiger partial charge in [0.1, 0.15) is 24.1 Å². The number of rotatable bonds is 11. The third kappa shape index (κ3) is 6.40. The summed E-state index contributed by atoms with van der Waals surface area (Å²) in [6.07, 6.45) is 1.37. The van der Waals surface area contributed by atoms with Crippen LogP contribution in [0.3, 0.4) is 0 Å². The van der Waals surface area contributed by atoms with Gasteiger partial charge in [0.05, 0.1) is 26.2 Å². The fraction of sp³-hybridized carbons (Fsp3) is 0.417. The normalized spacial score (nSPS) is 11.9. The fourth-order valence-electron chi connectivity index (χ4n) is 3.64. The van der Waals surface area contributed by atoms with Gasteiger partial charge in [0, 0.05) is 19.7 Å². The SMILES string of the molecule is CC[C@H](C(=O)NC)N(Cc1ccccc1C)C(=O)CN(c1cc(OC)ccc1OC)S(C)(=O)=O. The van der Waals surface area contributed by atoms with Crippen LogP contribution in [0.2, 0.25) is 0 Å². The third-order valence-corrected chi connectivity index (χ3v) is 6.69. The number of nitrogens with zero attached hydrogens (tertiary/aromatic N) is 2. The summed E-state index contributed by atoms with van der Waals surface area (Å²) < 4.78 is 37.1. The second kappa shape index (κ2) is 11.7. The van der Waals surface area contributed by atoms with Gasteiger partial charge in [0.2, 0.25) is 21.8 Å². The lowest BCUT2D eigenvalue weighted by molar-refractivity contribution is -0.140. The molecule has 0 unspecified atom stereocenters. The number of benzene rings is 2. The van der Waals surface area contributed by atoms with E-state index in [0.717, 1.165) is 21.7 Å². The number of carbonyl (C=O) groups is 2. The van der Waals surface area contributed by atoms with E-state index < -0.39 is 28.5 Å². The van der Waals surface area contributed by atoms with E-state index in [4.69, 9.17) is 9.47 Å². The van der Waals surface area contributed by atoms with E-state index in [-0.39, 0.29) is 23.9 Å². The quantitative estimate of drug-likeness (QED) is 0.517. The molecule has 0 bridgehead atoms. The van der Waals surface area contributed by atoms with Gasteiger partial charge in [-0.2, -0.15) is 0 Å². The number of hydrogen-bond acceptors (Lipinski definition) is 6. The lowest BCUT2D eigenvalue weighted by Crippen LogP contribution is -2.51. The molecule has 34 heavy (non-hydrogen) atoms. The molecule has 0 aliphatic carbocycles. The molecule has 2 rings (SSSR count). The summed E-state index contributed by atoms with van der Waals surface area (Å²) in [7, 11) is 0.484. The zero-order valence-electron chi connectivity index (χ0n) is 20.5. The van der Waals surface area contributed by atoms with E-state index in [2.05, 4.69) is 5.32 Å². The summed E-state index contributed by atoms with van der Waals surface area (Å²) in [6.45, 7) is 3.37. The van der Waals surface area contributed by atoms with Gasteiger partial charge in [0.25, 0.3) is 0 Å². The van der Waals surface area contributed by atoms with E-state index in [1.165, 1.54) is 32.2 Å². The Kier molecular flexibility index (Phi) is 9.31. The highest BCUT2D eigenvalue weighted by Gasteiger charge is 2.32. The second-order valence-corrected chi connectivity index (χ2v) is 9.70. The zero-order valence-corrected chi connectivity index (χ0v) is 21.3. The Morgan fingerprint density at radius 2 is 1.76 bits per heavy atom. The highest BCUT2D eigenvalue weighted by atomic mass is 32.2. The first kappa shape index (κ1) is 27.0. The van der Waals surface area contributed by atoms with E-state index in [1.54, 1.807) is 19.1 Å². The number of likely N-dealkylation sites (N-methyl/N-ethyl adjacent to an activating group) is 1. The molecule has 2 aromatic rings. The summed E-state index contributed by atoms with van der Waals surface area (Å²) >= 11 is 0. The first-order chi connectivity index (χ1) is 16.1. The van der Waals surface area contributed by atoms with Crippen molar-refractivity contribution >= 4 is 27.5 Å². The van der Waals surface area contributed by atoms with Crippen molar-refractivity contribution in [2.24, 2.45) is 0 Å². The lowest BCUT2D eigenvalue weighted by Gasteiger charge is -2.33. The number of ether oxygens (including phenoxy) is 2. The predicted octanol–water partition coefficient (Wildman–Crippen LogP) is 2.33. The third-order valence-electron chi connectivity index (χ3n) is 5.57. The molecule has 186 valence electrons. The van der Waals surface area contributed by atoms with Gasteiger partial charge >= 0.3 is 0 Å². The predicted molar refractivity (Wildman–Crippen MR) is 132 cm³/mol. The molecule has 0 fully saturated rings. The van der Waals surface area contributed by atoms with E-state index in [0.29, 0.717) is 12.2 Å². The van der Waals surface area contributed by atoms with Crippen LogP contribution < -0.4 is 19.1 Å². The average Bonchev–Trinajstić information content (AvgIpc) is 2.81. The van der Waals surface area contributed by atoms with Gasteiger partial charge in [-0.05, 0) is 36.6 Å². The molecular formula is C24H33N3O6S. The molecule has 0 saturated heterocycles. The van der Waals surface area contributed by atoms with Crippen LogP contribution >= 0.6 is 0 Å². The minimum Gasteiger partial charge on any atom is -0.497 e. The molecule has 10 heteroatoms. The zero-order chi connectivity index (χ0) is 25.5. The van der Waals surface area contributed by atoms with Crippen LogP contribution in [0.15, 0.2) is 42.5 Å². The highest BCUT2D eigenvalue weighted by molar-refractivity contribution is 7.92. The van der Waals surface area contributed by atoms with E-state index in [1.807, 2.05) is 31.2 Å². The van der Waals surface area contributed by atoms with Crippen molar-refractivity contribution in [3.63, 3.8) is 0 Å². The van der Waals surface area contributed by atoms with Crippen LogP contribution in [0.5, 0.6) is 11.5 Å². The molecule has 0 radical (unpaired) electrons. The first-order valence-corrected chi connectivity index (χ1v) is 12.7. The van der Waals surface area contributed by atoms with Gasteiger partial charge < -0.3 is 19.7 Å². The van der Waals surface area contributed by atoms with Crippen molar-refractivity contribution < 1.29 is 27.5 Å². The Balaban J connectivity index is 2.53. The standard InChI is InChI=1S/C24H33N3O6S/c1-7-20(24(29)25-3)26(15-18-11-9-8-10-17(18)2)23(28)16-27(34(6,30)31)21-14-19(32-4)12-13-22(21)33-5/h8-14,20H,7,15-16H2,1-6H3,(H,25,29)/t20-/m1/s1. The number of nitrogens with one attached hydrogen (secondary N) is 1. The molecule has 1 atom stereocenters. The Labute approximate surface area is 201 Å². The first-order valence-electron chi connectivity index (χ1n) is 10.8. The molecule has 9 nitrogen and oxygen atoms in total. The maximum absolute atomic E-state index is 13.6. The topological polar surface area (TPSA) is 105 Å². The van der Waals surface area contributed by atoms with Crippen molar-refractivity contribution in [1.29, 1.82) is 0 Å². The molecule has 2 amide bonds. The molecule has 0 aliphatic rings. The van der Waals surface area contributed by atoms with Crippen molar-refractivity contribution in [1.82, 2.24) is 10.2 Å². The van der Waals surface area contributed by atoms with Crippen LogP contribution in [-0.4, -0.2) is 65.2 Å². The van der Waals surface area contributed by atoms with Gasteiger partial charge in [-0.25, -0.2) is 8.42 Å². The van der Waals surface area contributed by atoms with Crippen LogP contribution in [0.1, 0.15) is 24.5 Å². The minimum atomic E-state index is -3.89. The number of anilines is 1. The molecular weight excluding hydrogens is 458 g/mol. The fourth-order valence-corrected chi connectivity index (χ4v) is 4.49. The Morgan fingerprint density at radius 3 is 2.29 bits per heavy atom. The summed E-state index contributed by atoms with van der Waals surface area (Å²) in [5, 5.41) is 2.60. The second-order valence-electron chi connectivity index (χ2n) is 7.79. The number of aryl methyl sites for hydroxylation is 1. The van der Waals surface area contributed by atoms with Gasteiger partial charge in [-0.15, -0.1) is 0 Å². The Hall–Kier alpha value is -3.27. The van der Waals surface area contributed by atoms with Gasteiger partial charge in [0.15, 0.2) is 0 Å². The number of carbonyl (C=O) groups excluding carboxylic acids is 2. The Morgan fingerprint density at radius 1 is 1.09 bits per heavy atom. The van der Waals surface area contributed by atoms with E-state index in [9.17, 15) is 18.0 Å². The summed E-state index contributed by atoms with van der Waals surface area (Å²) in [6, 6.07) is 11.5. The van der Waals surface area contributed by atoms with Crippen molar-refractivity contribution in [2.45, 2.75) is 32.9 Å². The summed E-state index contributed by atoms with van der Waals surface area (Å²) in [5.41, 5.74) is 1.99. The maximum Gasteiger partial charge on any atom is 0.244 e. The summed E-state index contributed by atoms with van der Waals surface area (Å²) in [5.74, 6) is -0.170. The van der Waals surface area contributed by atoms with Crippen LogP contribution in [0.4, 0.5) is 5.69 Å². The average molecular weight is 492 g/mol. The molecule has 0 saturated carbocycles. The highest BCUT2D eigenvalue weighted by Crippen LogP contribution is 2.34. The van der Waals surface area contributed by atoms with Crippen molar-refractivity contribution in [3.05, 3.63) is 53.6 Å². The van der Waals surface area contributed by atoms with Crippen LogP contribution in [0, 0.1) is 6.92 Å². The summed E-state index contributed by atoms with van der Waals surface area (Å²) in [4.78, 5) is 27.7. The van der Waals surface area contributed by atoms with Crippen LogP contribution in [0.25, 0.3) is 0 Å². The van der Waals surface area contributed by atoms with Crippen LogP contribution in [-0.2, 0) is 26.2 Å². The molecule has 1 N–H and O–H groups in total. The van der Waals surface area contributed by atoms with Gasteiger partial charge in [-0.3, -0.25) is 13.9 Å². The lowest BCUT2D eigenvalue weighted by atomic mass is 10.1. The number of methoxy groups -OCH3 is 2. The minimum absolute atomic E-state index is 0.157. The largest absolute Gasteiger partial charge is 0.497 e. The molecule has 0 aliphatic heterocycles. The molecule has 0 heterocycles. The monoisotopic (exact) mass is 491 g/mol. The van der Waals surface area contributed by atoms with Crippen molar-refractivity contribution in [2.75, 3.05) is 38.4 Å². The number of amides is 2. The molecule has 0 aromatic heterocycles. The smallest absolute Gasteiger partial charge is 0.244 e. The maximum atomic E-state index is 13.6. The van der Waals surface area contributed by atoms with Gasteiger partial charge in [-0.1, -0.05) is 31.2 Å². The van der Waals surface area contributed by atoms with Crippen molar-refractivity contribution in [3.8, 4) is 11.5 Å². The molecule has 0 spiro atoms. The Bertz CT molecular complexity index is 1120. The number of sulfonamides is 1. The van der Waals surface area contributed by atoms with E-state index >= 15 is 0 Å².